The predicted octanol–water partition coefficient (Wildman–Crippen LogP) is 3.02. The van der Waals surface area contributed by atoms with Crippen LogP contribution in [-0.4, -0.2) is 9.78 Å². The van der Waals surface area contributed by atoms with E-state index in [0.29, 0.717) is 5.56 Å². The van der Waals surface area contributed by atoms with Crippen LogP contribution < -0.4 is 0 Å². The molecule has 1 heterocycles. The Bertz CT molecular complexity index is 474. The SMILES string of the molecule is CCn1cc(C)c(-c2ccccc2F)n1. The molecule has 78 valence electrons. The molecule has 0 aliphatic rings. The van der Waals surface area contributed by atoms with E-state index in [1.807, 2.05) is 30.8 Å². The van der Waals surface area contributed by atoms with Crippen LogP contribution in [0.4, 0.5) is 4.39 Å². The van der Waals surface area contributed by atoms with Crippen molar-refractivity contribution in [3.8, 4) is 11.3 Å². The molecule has 0 saturated heterocycles. The summed E-state index contributed by atoms with van der Waals surface area (Å²) in [5.74, 6) is -0.220. The van der Waals surface area contributed by atoms with Gasteiger partial charge in [0.15, 0.2) is 0 Å². The van der Waals surface area contributed by atoms with Gasteiger partial charge in [-0.15, -0.1) is 0 Å². The van der Waals surface area contributed by atoms with Crippen molar-refractivity contribution in [2.75, 3.05) is 0 Å². The van der Waals surface area contributed by atoms with Crippen LogP contribution in [0.3, 0.4) is 0 Å². The Morgan fingerprint density at radius 1 is 1.33 bits per heavy atom. The standard InChI is InChI=1S/C12H13FN2/c1-3-15-8-9(2)12(14-15)10-6-4-5-7-11(10)13/h4-8H,3H2,1-2H3. The summed E-state index contributed by atoms with van der Waals surface area (Å²) in [5.41, 5.74) is 2.30. The molecule has 2 nitrogen and oxygen atoms in total. The molecule has 0 saturated carbocycles. The van der Waals surface area contributed by atoms with Crippen molar-refractivity contribution in [1.82, 2.24) is 9.78 Å². The molecule has 0 aliphatic carbocycles. The van der Waals surface area contributed by atoms with Gasteiger partial charge < -0.3 is 0 Å². The Hall–Kier alpha value is -1.64. The Kier molecular flexibility index (Phi) is 2.54. The molecule has 0 radical (unpaired) electrons. The number of aromatic nitrogens is 2. The highest BCUT2D eigenvalue weighted by Gasteiger charge is 2.10. The third kappa shape index (κ3) is 1.77. The number of hydrogen-bond donors (Lipinski definition) is 0. The van der Waals surface area contributed by atoms with Gasteiger partial charge in [0, 0.05) is 18.3 Å². The second-order valence-corrected chi connectivity index (χ2v) is 3.50. The molecule has 15 heavy (non-hydrogen) atoms. The number of aryl methyl sites for hydroxylation is 2. The molecule has 0 unspecified atom stereocenters. The van der Waals surface area contributed by atoms with Gasteiger partial charge in [0.25, 0.3) is 0 Å². The van der Waals surface area contributed by atoms with Gasteiger partial charge in [0.2, 0.25) is 0 Å². The van der Waals surface area contributed by atoms with Gasteiger partial charge >= 0.3 is 0 Å². The molecule has 0 fully saturated rings. The van der Waals surface area contributed by atoms with E-state index in [-0.39, 0.29) is 5.82 Å². The molecule has 2 rings (SSSR count). The monoisotopic (exact) mass is 204 g/mol. The fourth-order valence-corrected chi connectivity index (χ4v) is 1.60. The average Bonchev–Trinajstić information content (AvgIpc) is 2.60. The molecule has 0 spiro atoms. The Balaban J connectivity index is 2.54. The Morgan fingerprint density at radius 3 is 2.67 bits per heavy atom. The van der Waals surface area contributed by atoms with Crippen LogP contribution in [0.2, 0.25) is 0 Å². The first-order valence-electron chi connectivity index (χ1n) is 5.01. The first kappa shape index (κ1) is 9.90. The fraction of sp³-hybridized carbons (Fsp3) is 0.250. The molecule has 0 atom stereocenters. The molecule has 0 amide bonds. The summed E-state index contributed by atoms with van der Waals surface area (Å²) in [6.07, 6.45) is 1.93. The summed E-state index contributed by atoms with van der Waals surface area (Å²) in [5, 5.41) is 4.34. The van der Waals surface area contributed by atoms with Gasteiger partial charge in [-0.1, -0.05) is 12.1 Å². The number of benzene rings is 1. The maximum atomic E-state index is 13.5. The lowest BCUT2D eigenvalue weighted by atomic mass is 10.1. The second kappa shape index (κ2) is 3.85. The van der Waals surface area contributed by atoms with Gasteiger partial charge in [0.1, 0.15) is 5.82 Å². The molecule has 2 aromatic rings. The summed E-state index contributed by atoms with van der Waals surface area (Å²) >= 11 is 0. The van der Waals surface area contributed by atoms with Gasteiger partial charge in [-0.3, -0.25) is 4.68 Å². The van der Waals surface area contributed by atoms with Crippen molar-refractivity contribution >= 4 is 0 Å². The molecule has 0 aliphatic heterocycles. The lowest BCUT2D eigenvalue weighted by Gasteiger charge is -1.99. The third-order valence-corrected chi connectivity index (χ3v) is 2.40. The Morgan fingerprint density at radius 2 is 2.07 bits per heavy atom. The van der Waals surface area contributed by atoms with E-state index in [2.05, 4.69) is 5.10 Å². The number of halogens is 1. The first-order valence-corrected chi connectivity index (χ1v) is 5.01. The van der Waals surface area contributed by atoms with Crippen molar-refractivity contribution in [2.24, 2.45) is 0 Å². The van der Waals surface area contributed by atoms with E-state index in [1.54, 1.807) is 12.1 Å². The smallest absolute Gasteiger partial charge is 0.132 e. The van der Waals surface area contributed by atoms with Crippen molar-refractivity contribution in [1.29, 1.82) is 0 Å². The third-order valence-electron chi connectivity index (χ3n) is 2.40. The summed E-state index contributed by atoms with van der Waals surface area (Å²) in [6.45, 7) is 4.76. The lowest BCUT2D eigenvalue weighted by molar-refractivity contribution is 0.627. The van der Waals surface area contributed by atoms with Crippen molar-refractivity contribution in [2.45, 2.75) is 20.4 Å². The van der Waals surface area contributed by atoms with E-state index in [0.717, 1.165) is 17.8 Å². The van der Waals surface area contributed by atoms with Crippen molar-refractivity contribution < 1.29 is 4.39 Å². The van der Waals surface area contributed by atoms with Gasteiger partial charge in [-0.2, -0.15) is 5.10 Å². The Labute approximate surface area is 88.4 Å². The zero-order chi connectivity index (χ0) is 10.8. The largest absolute Gasteiger partial charge is 0.272 e. The summed E-state index contributed by atoms with van der Waals surface area (Å²) in [4.78, 5) is 0. The maximum absolute atomic E-state index is 13.5. The van der Waals surface area contributed by atoms with Crippen LogP contribution >= 0.6 is 0 Å². The number of hydrogen-bond acceptors (Lipinski definition) is 1. The van der Waals surface area contributed by atoms with E-state index >= 15 is 0 Å². The molecule has 0 bridgehead atoms. The van der Waals surface area contributed by atoms with Crippen molar-refractivity contribution in [3.63, 3.8) is 0 Å². The molecular formula is C12H13FN2. The van der Waals surface area contributed by atoms with Crippen LogP contribution in [0.25, 0.3) is 11.3 Å². The topological polar surface area (TPSA) is 17.8 Å². The summed E-state index contributed by atoms with van der Waals surface area (Å²) in [7, 11) is 0. The zero-order valence-corrected chi connectivity index (χ0v) is 8.87. The quantitative estimate of drug-likeness (QED) is 0.735. The highest BCUT2D eigenvalue weighted by atomic mass is 19.1. The van der Waals surface area contributed by atoms with Crippen LogP contribution in [0, 0.1) is 12.7 Å². The fourth-order valence-electron chi connectivity index (χ4n) is 1.60. The highest BCUT2D eigenvalue weighted by Crippen LogP contribution is 2.23. The van der Waals surface area contributed by atoms with Crippen LogP contribution in [0.5, 0.6) is 0 Å². The molecule has 0 N–H and O–H groups in total. The average molecular weight is 204 g/mol. The van der Waals surface area contributed by atoms with E-state index in [1.165, 1.54) is 6.07 Å². The molecular weight excluding hydrogens is 191 g/mol. The molecule has 1 aromatic carbocycles. The van der Waals surface area contributed by atoms with Crippen molar-refractivity contribution in [3.05, 3.63) is 41.8 Å². The van der Waals surface area contributed by atoms with Gasteiger partial charge in [0.05, 0.1) is 5.69 Å². The number of rotatable bonds is 2. The van der Waals surface area contributed by atoms with Gasteiger partial charge in [-0.25, -0.2) is 4.39 Å². The first-order chi connectivity index (χ1) is 7.22. The van der Waals surface area contributed by atoms with E-state index in [4.69, 9.17) is 0 Å². The second-order valence-electron chi connectivity index (χ2n) is 3.50. The van der Waals surface area contributed by atoms with E-state index < -0.39 is 0 Å². The number of nitrogens with zero attached hydrogens (tertiary/aromatic N) is 2. The summed E-state index contributed by atoms with van der Waals surface area (Å²) < 4.78 is 15.3. The van der Waals surface area contributed by atoms with Crippen LogP contribution in [-0.2, 0) is 6.54 Å². The highest BCUT2D eigenvalue weighted by molar-refractivity contribution is 5.62. The predicted molar refractivity (Wildman–Crippen MR) is 58.0 cm³/mol. The van der Waals surface area contributed by atoms with Gasteiger partial charge in [-0.05, 0) is 31.5 Å². The van der Waals surface area contributed by atoms with E-state index in [9.17, 15) is 4.39 Å². The minimum atomic E-state index is -0.220. The minimum Gasteiger partial charge on any atom is -0.272 e. The minimum absolute atomic E-state index is 0.220. The molecule has 1 aromatic heterocycles. The van der Waals surface area contributed by atoms with Crippen LogP contribution in [0.1, 0.15) is 12.5 Å². The van der Waals surface area contributed by atoms with Crippen LogP contribution in [0.15, 0.2) is 30.5 Å². The summed E-state index contributed by atoms with van der Waals surface area (Å²) in [6, 6.07) is 6.72. The maximum Gasteiger partial charge on any atom is 0.132 e. The normalized spacial score (nSPS) is 10.6. The zero-order valence-electron chi connectivity index (χ0n) is 8.87. The lowest BCUT2D eigenvalue weighted by Crippen LogP contribution is -1.94. The molecule has 3 heteroatoms.